The molecule has 2 N–H and O–H groups in total. The summed E-state index contributed by atoms with van der Waals surface area (Å²) in [6, 6.07) is 5.32. The van der Waals surface area contributed by atoms with E-state index in [0.717, 1.165) is 56.3 Å². The van der Waals surface area contributed by atoms with Gasteiger partial charge in [0.1, 0.15) is 0 Å². The first kappa shape index (κ1) is 19.2. The van der Waals surface area contributed by atoms with E-state index in [0.29, 0.717) is 26.2 Å². The predicted octanol–water partition coefficient (Wildman–Crippen LogP) is 3.01. The average Bonchev–Trinajstić information content (AvgIpc) is 2.91. The van der Waals surface area contributed by atoms with E-state index >= 15 is 0 Å². The molecule has 1 amide bonds. The highest BCUT2D eigenvalue weighted by atomic mass is 19.4. The molecule has 2 fully saturated rings. The first-order valence-electron chi connectivity index (χ1n) is 9.25. The second kappa shape index (κ2) is 7.56. The number of carbonyl (C=O) groups is 1. The second-order valence-electron chi connectivity index (χ2n) is 7.48. The van der Waals surface area contributed by atoms with Crippen molar-refractivity contribution in [3.63, 3.8) is 0 Å². The maximum absolute atomic E-state index is 12.7. The Balaban J connectivity index is 1.56. The normalized spacial score (nSPS) is 21.6. The molecule has 1 saturated heterocycles. The lowest BCUT2D eigenvalue weighted by Gasteiger charge is -2.30. The summed E-state index contributed by atoms with van der Waals surface area (Å²) in [7, 11) is 0. The van der Waals surface area contributed by atoms with Crippen LogP contribution in [0.15, 0.2) is 24.3 Å². The van der Waals surface area contributed by atoms with Crippen LogP contribution < -0.4 is 5.73 Å². The molecule has 7 heteroatoms. The van der Waals surface area contributed by atoms with Crippen molar-refractivity contribution >= 4 is 5.91 Å². The SMILES string of the molecule is NC1(C(=O)N2CCCN(Cc3ccc(C(F)(F)F)cc3)CC2)CCCC1. The van der Waals surface area contributed by atoms with E-state index < -0.39 is 17.3 Å². The average molecular weight is 369 g/mol. The Kier molecular flexibility index (Phi) is 5.58. The van der Waals surface area contributed by atoms with E-state index in [-0.39, 0.29) is 5.91 Å². The van der Waals surface area contributed by atoms with E-state index in [1.54, 1.807) is 0 Å². The molecule has 1 saturated carbocycles. The molecule has 144 valence electrons. The minimum Gasteiger partial charge on any atom is -0.340 e. The third kappa shape index (κ3) is 4.38. The highest BCUT2D eigenvalue weighted by molar-refractivity contribution is 5.86. The van der Waals surface area contributed by atoms with Gasteiger partial charge < -0.3 is 10.6 Å². The maximum Gasteiger partial charge on any atom is 0.416 e. The summed E-state index contributed by atoms with van der Waals surface area (Å²) >= 11 is 0. The summed E-state index contributed by atoms with van der Waals surface area (Å²) in [4.78, 5) is 16.8. The number of halogens is 3. The maximum atomic E-state index is 12.7. The van der Waals surface area contributed by atoms with E-state index in [1.807, 2.05) is 4.90 Å². The van der Waals surface area contributed by atoms with Crippen LogP contribution in [0.1, 0.15) is 43.2 Å². The van der Waals surface area contributed by atoms with Crippen molar-refractivity contribution < 1.29 is 18.0 Å². The molecule has 0 atom stereocenters. The Hall–Kier alpha value is -1.60. The van der Waals surface area contributed by atoms with Crippen LogP contribution in [0.2, 0.25) is 0 Å². The summed E-state index contributed by atoms with van der Waals surface area (Å²) in [6.07, 6.45) is 0.0876. The zero-order valence-electron chi connectivity index (χ0n) is 14.9. The fraction of sp³-hybridized carbons (Fsp3) is 0.632. The van der Waals surface area contributed by atoms with Gasteiger partial charge in [0.15, 0.2) is 0 Å². The van der Waals surface area contributed by atoms with Crippen molar-refractivity contribution in [2.24, 2.45) is 5.73 Å². The van der Waals surface area contributed by atoms with Gasteiger partial charge in [-0.1, -0.05) is 25.0 Å². The van der Waals surface area contributed by atoms with Crippen molar-refractivity contribution in [3.05, 3.63) is 35.4 Å². The lowest BCUT2D eigenvalue weighted by Crippen LogP contribution is -2.54. The number of rotatable bonds is 3. The molecule has 4 nitrogen and oxygen atoms in total. The lowest BCUT2D eigenvalue weighted by molar-refractivity contribution is -0.138. The zero-order valence-corrected chi connectivity index (χ0v) is 14.9. The predicted molar refractivity (Wildman–Crippen MR) is 93.3 cm³/mol. The molecule has 1 aromatic rings. The van der Waals surface area contributed by atoms with Gasteiger partial charge in [0.2, 0.25) is 5.91 Å². The number of benzene rings is 1. The third-order valence-electron chi connectivity index (χ3n) is 5.48. The first-order chi connectivity index (χ1) is 12.3. The summed E-state index contributed by atoms with van der Waals surface area (Å²) in [5.74, 6) is 0.0615. The Morgan fingerprint density at radius 3 is 2.27 bits per heavy atom. The van der Waals surface area contributed by atoms with Crippen LogP contribution >= 0.6 is 0 Å². The molecular formula is C19H26F3N3O. The number of hydrogen-bond donors (Lipinski definition) is 1. The molecule has 0 bridgehead atoms. The Labute approximate surface area is 152 Å². The number of carbonyl (C=O) groups excluding carboxylic acids is 1. The highest BCUT2D eigenvalue weighted by Gasteiger charge is 2.40. The molecule has 2 aliphatic rings. The van der Waals surface area contributed by atoms with Gasteiger partial charge in [-0.05, 0) is 37.0 Å². The van der Waals surface area contributed by atoms with Crippen molar-refractivity contribution in [2.45, 2.75) is 50.4 Å². The van der Waals surface area contributed by atoms with E-state index in [1.165, 1.54) is 12.1 Å². The zero-order chi connectivity index (χ0) is 18.8. The van der Waals surface area contributed by atoms with Gasteiger partial charge in [0, 0.05) is 32.7 Å². The Morgan fingerprint density at radius 2 is 1.65 bits per heavy atom. The molecule has 1 aliphatic carbocycles. The summed E-state index contributed by atoms with van der Waals surface area (Å²) in [5.41, 5.74) is 5.83. The number of alkyl halides is 3. The molecule has 1 aromatic carbocycles. The van der Waals surface area contributed by atoms with Crippen LogP contribution in [-0.4, -0.2) is 47.4 Å². The Morgan fingerprint density at radius 1 is 1.00 bits per heavy atom. The van der Waals surface area contributed by atoms with Gasteiger partial charge >= 0.3 is 6.18 Å². The lowest BCUT2D eigenvalue weighted by atomic mass is 9.97. The fourth-order valence-electron chi connectivity index (χ4n) is 3.92. The summed E-state index contributed by atoms with van der Waals surface area (Å²) in [6.45, 7) is 3.44. The molecule has 26 heavy (non-hydrogen) atoms. The molecule has 3 rings (SSSR count). The van der Waals surface area contributed by atoms with Gasteiger partial charge in [0.25, 0.3) is 0 Å². The molecule has 1 aliphatic heterocycles. The molecule has 0 spiro atoms. The van der Waals surface area contributed by atoms with Crippen LogP contribution in [0, 0.1) is 0 Å². The largest absolute Gasteiger partial charge is 0.416 e. The Bertz CT molecular complexity index is 624. The van der Waals surface area contributed by atoms with Gasteiger partial charge in [-0.2, -0.15) is 13.2 Å². The summed E-state index contributed by atoms with van der Waals surface area (Å²) in [5, 5.41) is 0. The van der Waals surface area contributed by atoms with Crippen LogP contribution in [0.5, 0.6) is 0 Å². The number of nitrogens with two attached hydrogens (primary N) is 1. The minimum absolute atomic E-state index is 0.0615. The van der Waals surface area contributed by atoms with Crippen LogP contribution in [0.4, 0.5) is 13.2 Å². The molecule has 1 heterocycles. The molecule has 0 aromatic heterocycles. The van der Waals surface area contributed by atoms with E-state index in [2.05, 4.69) is 4.90 Å². The van der Waals surface area contributed by atoms with Crippen molar-refractivity contribution in [3.8, 4) is 0 Å². The summed E-state index contributed by atoms with van der Waals surface area (Å²) < 4.78 is 38.0. The third-order valence-corrected chi connectivity index (χ3v) is 5.48. The fourth-order valence-corrected chi connectivity index (χ4v) is 3.92. The van der Waals surface area contributed by atoms with Gasteiger partial charge in [0.05, 0.1) is 11.1 Å². The molecular weight excluding hydrogens is 343 g/mol. The van der Waals surface area contributed by atoms with Gasteiger partial charge in [-0.15, -0.1) is 0 Å². The number of hydrogen-bond acceptors (Lipinski definition) is 3. The van der Waals surface area contributed by atoms with Crippen molar-refractivity contribution in [2.75, 3.05) is 26.2 Å². The van der Waals surface area contributed by atoms with Crippen LogP contribution in [0.3, 0.4) is 0 Å². The highest BCUT2D eigenvalue weighted by Crippen LogP contribution is 2.30. The quantitative estimate of drug-likeness (QED) is 0.891. The van der Waals surface area contributed by atoms with Gasteiger partial charge in [-0.3, -0.25) is 9.69 Å². The van der Waals surface area contributed by atoms with E-state index in [9.17, 15) is 18.0 Å². The molecule has 0 radical (unpaired) electrons. The monoisotopic (exact) mass is 369 g/mol. The minimum atomic E-state index is -4.31. The number of nitrogens with zero attached hydrogens (tertiary/aromatic N) is 2. The van der Waals surface area contributed by atoms with Crippen LogP contribution in [-0.2, 0) is 17.5 Å². The first-order valence-corrected chi connectivity index (χ1v) is 9.25. The standard InChI is InChI=1S/C19H26F3N3O/c20-19(21,22)16-6-4-15(5-7-16)14-24-10-3-11-25(13-12-24)17(26)18(23)8-1-2-9-18/h4-7H,1-3,8-14,23H2. The number of amides is 1. The van der Waals surface area contributed by atoms with Crippen molar-refractivity contribution in [1.82, 2.24) is 9.80 Å². The van der Waals surface area contributed by atoms with Gasteiger partial charge in [-0.25, -0.2) is 0 Å². The smallest absolute Gasteiger partial charge is 0.340 e. The second-order valence-corrected chi connectivity index (χ2v) is 7.48. The van der Waals surface area contributed by atoms with Crippen LogP contribution in [0.25, 0.3) is 0 Å². The molecule has 0 unspecified atom stereocenters. The van der Waals surface area contributed by atoms with Crippen molar-refractivity contribution in [1.29, 1.82) is 0 Å². The topological polar surface area (TPSA) is 49.6 Å². The van der Waals surface area contributed by atoms with E-state index in [4.69, 9.17) is 5.73 Å².